The van der Waals surface area contributed by atoms with Crippen LogP contribution in [0.25, 0.3) is 0 Å². The number of ether oxygens (including phenoxy) is 2. The second-order valence-corrected chi connectivity index (χ2v) is 7.64. The predicted molar refractivity (Wildman–Crippen MR) is 78.2 cm³/mol. The number of Topliss-reactive ketones (excluding diaryl/α,β-unsaturated/α-hetero) is 1. The number of carbonyl (C=O) groups excluding carboxylic acids is 3. The number of rotatable bonds is 6. The summed E-state index contributed by atoms with van der Waals surface area (Å²) in [5.41, 5.74) is -0.592. The van der Waals surface area contributed by atoms with Gasteiger partial charge in [-0.3, -0.25) is 14.4 Å². The summed E-state index contributed by atoms with van der Waals surface area (Å²) in [4.78, 5) is 36.0. The van der Waals surface area contributed by atoms with E-state index in [1.54, 1.807) is 0 Å². The number of alkyl halides is 2. The van der Waals surface area contributed by atoms with Gasteiger partial charge in [-0.05, 0) is 38.0 Å². The Kier molecular flexibility index (Phi) is 4.38. The summed E-state index contributed by atoms with van der Waals surface area (Å²) in [6.07, 6.45) is 3.35. The molecule has 0 heterocycles. The fraction of sp³-hybridized carbons (Fsp3) is 0.824. The average molecular weight is 344 g/mol. The largest absolute Gasteiger partial charge is 0.465 e. The Balaban J connectivity index is 1.48. The monoisotopic (exact) mass is 344 g/mol. The summed E-state index contributed by atoms with van der Waals surface area (Å²) in [5, 5.41) is 0. The van der Waals surface area contributed by atoms with Crippen molar-refractivity contribution in [1.82, 2.24) is 0 Å². The van der Waals surface area contributed by atoms with Crippen molar-refractivity contribution in [2.24, 2.45) is 23.2 Å². The smallest absolute Gasteiger partial charge is 0.312 e. The Bertz CT molecular complexity index is 536. The summed E-state index contributed by atoms with van der Waals surface area (Å²) in [6, 6.07) is 0. The van der Waals surface area contributed by atoms with Crippen molar-refractivity contribution in [1.29, 1.82) is 0 Å². The van der Waals surface area contributed by atoms with E-state index in [-0.39, 0.29) is 30.8 Å². The van der Waals surface area contributed by atoms with E-state index in [4.69, 9.17) is 4.74 Å². The summed E-state index contributed by atoms with van der Waals surface area (Å²) >= 11 is 0. The highest BCUT2D eigenvalue weighted by Gasteiger charge is 2.59. The van der Waals surface area contributed by atoms with Crippen LogP contribution < -0.4 is 0 Å². The molecule has 0 aromatic rings. The Morgan fingerprint density at radius 1 is 1.17 bits per heavy atom. The van der Waals surface area contributed by atoms with Gasteiger partial charge in [0.05, 0.1) is 11.8 Å². The van der Waals surface area contributed by atoms with Crippen molar-refractivity contribution >= 4 is 17.7 Å². The number of hydrogen-bond donors (Lipinski definition) is 0. The lowest BCUT2D eigenvalue weighted by atomic mass is 9.49. The van der Waals surface area contributed by atoms with E-state index in [1.165, 1.54) is 0 Å². The maximum absolute atomic E-state index is 12.6. The molecule has 134 valence electrons. The van der Waals surface area contributed by atoms with E-state index in [1.807, 2.05) is 0 Å². The lowest BCUT2D eigenvalue weighted by Gasteiger charge is -2.53. The fourth-order valence-electron chi connectivity index (χ4n) is 4.66. The Hall–Kier alpha value is -1.53. The minimum atomic E-state index is -3.07. The van der Waals surface area contributed by atoms with Crippen molar-refractivity contribution in [3.05, 3.63) is 0 Å². The van der Waals surface area contributed by atoms with Crippen LogP contribution in [0, 0.1) is 23.2 Å². The number of hydrogen-bond acceptors (Lipinski definition) is 5. The molecule has 2 unspecified atom stereocenters. The first-order valence-electron chi connectivity index (χ1n) is 8.43. The Morgan fingerprint density at radius 3 is 2.38 bits per heavy atom. The van der Waals surface area contributed by atoms with Gasteiger partial charge in [0.15, 0.2) is 6.61 Å². The van der Waals surface area contributed by atoms with Gasteiger partial charge in [0, 0.05) is 18.8 Å². The van der Waals surface area contributed by atoms with Gasteiger partial charge in [0.2, 0.25) is 0 Å². The molecule has 0 aromatic carbocycles. The van der Waals surface area contributed by atoms with Crippen molar-refractivity contribution in [2.75, 3.05) is 13.2 Å². The van der Waals surface area contributed by atoms with Crippen molar-refractivity contribution in [2.45, 2.75) is 51.4 Å². The minimum absolute atomic E-state index is 0.0273. The van der Waals surface area contributed by atoms with Crippen LogP contribution in [-0.2, 0) is 23.9 Å². The molecular formula is C17H22F2O5. The van der Waals surface area contributed by atoms with Crippen LogP contribution in [0.3, 0.4) is 0 Å². The SMILES string of the molecule is CC(F)(F)COC(=O)CCOC(=O)C12CC3CC(C1)C(=O)C(C3)C2. The van der Waals surface area contributed by atoms with E-state index < -0.39 is 23.9 Å². The third-order valence-electron chi connectivity index (χ3n) is 5.45. The van der Waals surface area contributed by atoms with Crippen molar-refractivity contribution in [3.8, 4) is 0 Å². The summed E-state index contributed by atoms with van der Waals surface area (Å²) < 4.78 is 34.8. The van der Waals surface area contributed by atoms with Gasteiger partial charge in [-0.1, -0.05) is 0 Å². The molecule has 0 amide bonds. The van der Waals surface area contributed by atoms with Gasteiger partial charge in [0.25, 0.3) is 5.92 Å². The molecular weight excluding hydrogens is 322 g/mol. The third-order valence-corrected chi connectivity index (χ3v) is 5.45. The molecule has 0 radical (unpaired) electrons. The second kappa shape index (κ2) is 6.08. The van der Waals surface area contributed by atoms with Crippen LogP contribution in [0.5, 0.6) is 0 Å². The molecule has 0 N–H and O–H groups in total. The van der Waals surface area contributed by atoms with Crippen LogP contribution in [-0.4, -0.2) is 36.9 Å². The molecule has 4 aliphatic carbocycles. The molecule has 4 fully saturated rings. The highest BCUT2D eigenvalue weighted by Crippen LogP contribution is 2.59. The van der Waals surface area contributed by atoms with Crippen LogP contribution in [0.1, 0.15) is 45.4 Å². The van der Waals surface area contributed by atoms with Crippen LogP contribution in [0.15, 0.2) is 0 Å². The maximum atomic E-state index is 12.6. The van der Waals surface area contributed by atoms with Gasteiger partial charge >= 0.3 is 11.9 Å². The number of esters is 2. The first kappa shape index (κ1) is 17.3. The topological polar surface area (TPSA) is 69.7 Å². The van der Waals surface area contributed by atoms with Gasteiger partial charge in [-0.2, -0.15) is 0 Å². The molecule has 0 spiro atoms. The molecule has 5 nitrogen and oxygen atoms in total. The summed E-state index contributed by atoms with van der Waals surface area (Å²) in [5.74, 6) is -3.60. The van der Waals surface area contributed by atoms with Gasteiger partial charge in [-0.25, -0.2) is 8.78 Å². The molecule has 24 heavy (non-hydrogen) atoms. The van der Waals surface area contributed by atoms with E-state index in [9.17, 15) is 23.2 Å². The Labute approximate surface area is 139 Å². The standard InChI is InChI=1S/C17H22F2O5/c1-16(18,19)9-24-13(20)2-3-23-15(22)17-6-10-4-11(7-17)14(21)12(5-10)8-17/h10-12H,2-9H2,1H3. The Morgan fingerprint density at radius 2 is 1.79 bits per heavy atom. The van der Waals surface area contributed by atoms with Gasteiger partial charge < -0.3 is 9.47 Å². The molecule has 4 aliphatic rings. The van der Waals surface area contributed by atoms with Crippen molar-refractivity contribution in [3.63, 3.8) is 0 Å². The predicted octanol–water partition coefficient (Wildman–Crippen LogP) is 2.51. The van der Waals surface area contributed by atoms with E-state index in [0.717, 1.165) is 19.3 Å². The highest BCUT2D eigenvalue weighted by atomic mass is 19.3. The normalized spacial score (nSPS) is 34.3. The molecule has 4 bridgehead atoms. The number of carbonyl (C=O) groups is 3. The molecule has 2 atom stereocenters. The highest BCUT2D eigenvalue weighted by molar-refractivity contribution is 5.89. The summed E-state index contributed by atoms with van der Waals surface area (Å²) in [7, 11) is 0. The van der Waals surface area contributed by atoms with Crippen LogP contribution >= 0.6 is 0 Å². The molecule has 7 heteroatoms. The zero-order chi connectivity index (χ0) is 17.5. The summed E-state index contributed by atoms with van der Waals surface area (Å²) in [6.45, 7) is -0.492. The molecule has 0 aromatic heterocycles. The van der Waals surface area contributed by atoms with E-state index in [2.05, 4.69) is 4.74 Å². The van der Waals surface area contributed by atoms with E-state index in [0.29, 0.717) is 31.5 Å². The van der Waals surface area contributed by atoms with Gasteiger partial charge in [0.1, 0.15) is 12.4 Å². The second-order valence-electron chi connectivity index (χ2n) is 7.64. The third kappa shape index (κ3) is 3.44. The fourth-order valence-corrected chi connectivity index (χ4v) is 4.66. The number of halogens is 2. The molecule has 0 aliphatic heterocycles. The first-order chi connectivity index (χ1) is 11.2. The van der Waals surface area contributed by atoms with Crippen LogP contribution in [0.4, 0.5) is 8.78 Å². The molecule has 4 saturated carbocycles. The maximum Gasteiger partial charge on any atom is 0.312 e. The minimum Gasteiger partial charge on any atom is -0.465 e. The van der Waals surface area contributed by atoms with Gasteiger partial charge in [-0.15, -0.1) is 0 Å². The first-order valence-corrected chi connectivity index (χ1v) is 8.43. The zero-order valence-electron chi connectivity index (χ0n) is 13.7. The van der Waals surface area contributed by atoms with Crippen LogP contribution in [0.2, 0.25) is 0 Å². The average Bonchev–Trinajstić information content (AvgIpc) is 2.49. The lowest BCUT2D eigenvalue weighted by Crippen LogP contribution is -2.54. The number of ketones is 1. The zero-order valence-corrected chi connectivity index (χ0v) is 13.7. The van der Waals surface area contributed by atoms with E-state index >= 15 is 0 Å². The lowest BCUT2D eigenvalue weighted by molar-refractivity contribution is -0.175. The quantitative estimate of drug-likeness (QED) is 0.693. The molecule has 4 rings (SSSR count). The molecule has 0 saturated heterocycles. The van der Waals surface area contributed by atoms with Crippen molar-refractivity contribution < 1.29 is 32.6 Å².